The maximum atomic E-state index is 12.1. The van der Waals surface area contributed by atoms with Gasteiger partial charge in [0.05, 0.1) is 23.2 Å². The molecule has 0 amide bonds. The Balaban J connectivity index is 1.69. The number of aromatic nitrogens is 1. The van der Waals surface area contributed by atoms with Crippen molar-refractivity contribution in [2.24, 2.45) is 0 Å². The van der Waals surface area contributed by atoms with Crippen molar-refractivity contribution in [1.82, 2.24) is 4.98 Å². The number of allylic oxidation sites excluding steroid dienone is 2. The Morgan fingerprint density at radius 1 is 1.33 bits per heavy atom. The van der Waals surface area contributed by atoms with Crippen LogP contribution in [0.15, 0.2) is 29.2 Å². The minimum absolute atomic E-state index is 0.0754. The van der Waals surface area contributed by atoms with Crippen LogP contribution in [0.25, 0.3) is 16.8 Å². The number of rotatable bonds is 3. The van der Waals surface area contributed by atoms with Gasteiger partial charge in [-0.3, -0.25) is 4.31 Å². The van der Waals surface area contributed by atoms with E-state index >= 15 is 0 Å². The van der Waals surface area contributed by atoms with E-state index < -0.39 is 10.0 Å². The number of benzene rings is 1. The molecule has 7 heteroatoms. The third kappa shape index (κ3) is 3.28. The van der Waals surface area contributed by atoms with Gasteiger partial charge in [-0.15, -0.1) is 11.3 Å². The van der Waals surface area contributed by atoms with Gasteiger partial charge < -0.3 is 0 Å². The van der Waals surface area contributed by atoms with Crippen LogP contribution in [0.4, 0.5) is 5.69 Å². The summed E-state index contributed by atoms with van der Waals surface area (Å²) in [5.74, 6) is 0. The molecule has 2 heterocycles. The van der Waals surface area contributed by atoms with E-state index in [9.17, 15) is 13.7 Å². The average molecular weight is 400 g/mol. The number of sulfonamides is 1. The van der Waals surface area contributed by atoms with E-state index in [1.165, 1.54) is 27.5 Å². The highest BCUT2D eigenvalue weighted by molar-refractivity contribution is 7.92. The summed E-state index contributed by atoms with van der Waals surface area (Å²) < 4.78 is 25.7. The lowest BCUT2D eigenvalue weighted by Crippen LogP contribution is -2.34. The van der Waals surface area contributed by atoms with Crippen LogP contribution in [0.3, 0.4) is 0 Å². The second kappa shape index (κ2) is 6.77. The Morgan fingerprint density at radius 2 is 2.07 bits per heavy atom. The first-order chi connectivity index (χ1) is 12.9. The summed E-state index contributed by atoms with van der Waals surface area (Å²) in [5, 5.41) is 12.3. The summed E-state index contributed by atoms with van der Waals surface area (Å²) in [6, 6.07) is 8.10. The first-order valence-electron chi connectivity index (χ1n) is 9.09. The standard InChI is InChI=1S/C20H21N3O2S2/c1-13-9-16-10-15(7-8-19(16)23(13)27(2,24)25)18-12-26-20(22-18)17(11-21)14-5-3-4-6-14/h7-8,10,12-13H,3-6,9H2,1-2H3/t13-/m1/s1. The third-order valence-electron chi connectivity index (χ3n) is 5.28. The Hall–Kier alpha value is -2.17. The normalized spacial score (nSPS) is 19.2. The van der Waals surface area contributed by atoms with Crippen LogP contribution < -0.4 is 4.31 Å². The molecular weight excluding hydrogens is 378 g/mol. The van der Waals surface area contributed by atoms with Crippen molar-refractivity contribution in [3.8, 4) is 17.3 Å². The van der Waals surface area contributed by atoms with E-state index in [4.69, 9.17) is 4.98 Å². The molecule has 27 heavy (non-hydrogen) atoms. The van der Waals surface area contributed by atoms with Crippen molar-refractivity contribution in [2.45, 2.75) is 45.1 Å². The lowest BCUT2D eigenvalue weighted by Gasteiger charge is -2.21. The average Bonchev–Trinajstić information content (AvgIpc) is 3.33. The van der Waals surface area contributed by atoms with Crippen LogP contribution in [-0.4, -0.2) is 25.7 Å². The molecule has 4 rings (SSSR count). The van der Waals surface area contributed by atoms with Gasteiger partial charge in [0, 0.05) is 17.0 Å². The van der Waals surface area contributed by atoms with Gasteiger partial charge in [-0.2, -0.15) is 5.26 Å². The van der Waals surface area contributed by atoms with E-state index in [1.807, 2.05) is 30.5 Å². The van der Waals surface area contributed by atoms with Crippen LogP contribution in [0.2, 0.25) is 0 Å². The Labute approximate surface area is 164 Å². The fraction of sp³-hybridized carbons (Fsp3) is 0.400. The summed E-state index contributed by atoms with van der Waals surface area (Å²) >= 11 is 1.50. The minimum Gasteiger partial charge on any atom is -0.267 e. The van der Waals surface area contributed by atoms with Crippen molar-refractivity contribution in [2.75, 3.05) is 10.6 Å². The van der Waals surface area contributed by atoms with Crippen molar-refractivity contribution in [1.29, 1.82) is 5.26 Å². The number of hydrogen-bond acceptors (Lipinski definition) is 5. The van der Waals surface area contributed by atoms with Crippen molar-refractivity contribution < 1.29 is 8.42 Å². The number of fused-ring (bicyclic) bond motifs is 1. The lowest BCUT2D eigenvalue weighted by atomic mass is 10.1. The number of nitrogens with zero attached hydrogens (tertiary/aromatic N) is 3. The molecule has 0 spiro atoms. The van der Waals surface area contributed by atoms with Gasteiger partial charge in [-0.1, -0.05) is 6.07 Å². The van der Waals surface area contributed by atoms with Crippen LogP contribution in [0, 0.1) is 11.3 Å². The third-order valence-corrected chi connectivity index (χ3v) is 7.41. The molecule has 140 valence electrons. The second-order valence-electron chi connectivity index (χ2n) is 7.29. The molecular formula is C20H21N3O2S2. The zero-order chi connectivity index (χ0) is 19.2. The van der Waals surface area contributed by atoms with Gasteiger partial charge in [-0.25, -0.2) is 13.4 Å². The Morgan fingerprint density at radius 3 is 2.74 bits per heavy atom. The monoisotopic (exact) mass is 399 g/mol. The number of hydrogen-bond donors (Lipinski definition) is 0. The largest absolute Gasteiger partial charge is 0.267 e. The molecule has 5 nitrogen and oxygen atoms in total. The molecule has 2 aliphatic rings. The van der Waals surface area contributed by atoms with Gasteiger partial charge in [0.15, 0.2) is 0 Å². The van der Waals surface area contributed by atoms with Gasteiger partial charge in [0.25, 0.3) is 0 Å². The van der Waals surface area contributed by atoms with Gasteiger partial charge >= 0.3 is 0 Å². The van der Waals surface area contributed by atoms with Gasteiger partial charge in [0.1, 0.15) is 11.1 Å². The summed E-state index contributed by atoms with van der Waals surface area (Å²) in [6.07, 6.45) is 6.24. The molecule has 1 fully saturated rings. The van der Waals surface area contributed by atoms with Gasteiger partial charge in [0.2, 0.25) is 10.0 Å². The molecule has 2 aromatic rings. The summed E-state index contributed by atoms with van der Waals surface area (Å²) in [4.78, 5) is 4.71. The smallest absolute Gasteiger partial charge is 0.232 e. The molecule has 1 atom stereocenters. The van der Waals surface area contributed by atoms with Crippen LogP contribution >= 0.6 is 11.3 Å². The van der Waals surface area contributed by atoms with E-state index in [2.05, 4.69) is 6.07 Å². The van der Waals surface area contributed by atoms with Crippen molar-refractivity contribution in [3.05, 3.63) is 39.7 Å². The number of anilines is 1. The van der Waals surface area contributed by atoms with E-state index in [0.29, 0.717) is 6.42 Å². The second-order valence-corrected chi connectivity index (χ2v) is 10.0. The fourth-order valence-corrected chi connectivity index (χ4v) is 6.25. The molecule has 1 aliphatic carbocycles. The number of thiazole rings is 1. The van der Waals surface area contributed by atoms with Crippen LogP contribution in [0.1, 0.15) is 43.2 Å². The highest BCUT2D eigenvalue weighted by Gasteiger charge is 2.32. The summed E-state index contributed by atoms with van der Waals surface area (Å²) in [6.45, 7) is 1.93. The summed E-state index contributed by atoms with van der Waals surface area (Å²) in [7, 11) is -3.28. The van der Waals surface area contributed by atoms with Crippen LogP contribution in [-0.2, 0) is 16.4 Å². The van der Waals surface area contributed by atoms with E-state index in [0.717, 1.165) is 58.8 Å². The minimum atomic E-state index is -3.28. The van der Waals surface area contributed by atoms with Gasteiger partial charge in [-0.05, 0) is 62.3 Å². The first kappa shape index (κ1) is 18.2. The topological polar surface area (TPSA) is 74.1 Å². The zero-order valence-corrected chi connectivity index (χ0v) is 17.0. The molecule has 1 saturated carbocycles. The molecule has 1 aromatic carbocycles. The quantitative estimate of drug-likeness (QED) is 0.718. The molecule has 0 bridgehead atoms. The zero-order valence-electron chi connectivity index (χ0n) is 15.4. The maximum Gasteiger partial charge on any atom is 0.232 e. The van der Waals surface area contributed by atoms with Crippen molar-refractivity contribution in [3.63, 3.8) is 0 Å². The SMILES string of the molecule is C[C@@H]1Cc2cc(-c3csc(C(C#N)=C4CCCC4)n3)ccc2N1S(C)(=O)=O. The van der Waals surface area contributed by atoms with E-state index in [1.54, 1.807) is 0 Å². The summed E-state index contributed by atoms with van der Waals surface area (Å²) in [5.41, 5.74) is 5.55. The maximum absolute atomic E-state index is 12.1. The Kier molecular flexibility index (Phi) is 4.57. The predicted molar refractivity (Wildman–Crippen MR) is 109 cm³/mol. The van der Waals surface area contributed by atoms with Crippen molar-refractivity contribution >= 4 is 32.6 Å². The molecule has 0 radical (unpaired) electrons. The first-order valence-corrected chi connectivity index (χ1v) is 11.8. The van der Waals surface area contributed by atoms with Crippen LogP contribution in [0.5, 0.6) is 0 Å². The predicted octanol–water partition coefficient (Wildman–Crippen LogP) is 4.37. The number of nitriles is 1. The molecule has 1 aliphatic heterocycles. The lowest BCUT2D eigenvalue weighted by molar-refractivity contribution is 0.590. The highest BCUT2D eigenvalue weighted by atomic mass is 32.2. The Bertz CT molecular complexity index is 1070. The molecule has 0 unspecified atom stereocenters. The molecule has 1 aromatic heterocycles. The van der Waals surface area contributed by atoms with E-state index in [-0.39, 0.29) is 6.04 Å². The fourth-order valence-electron chi connectivity index (χ4n) is 4.12. The molecule has 0 saturated heterocycles. The highest BCUT2D eigenvalue weighted by Crippen LogP contribution is 2.38. The molecule has 0 N–H and O–H groups in total.